The molecule has 2 unspecified atom stereocenters. The molecule has 1 saturated carbocycles. The van der Waals surface area contributed by atoms with Crippen LogP contribution in [0.5, 0.6) is 0 Å². The van der Waals surface area contributed by atoms with E-state index in [1.165, 1.54) is 18.0 Å². The molecule has 0 amide bonds. The van der Waals surface area contributed by atoms with Crippen LogP contribution in [0.2, 0.25) is 0 Å². The summed E-state index contributed by atoms with van der Waals surface area (Å²) in [5.41, 5.74) is 0. The molecule has 1 aromatic heterocycles. The standard InChI is InChI=1S/C6H7BrN2S/c1-3-2-4(3)5-8-6(7)10-9-5/h3-4H,2H2,1H3. The second-order valence-corrected chi connectivity index (χ2v) is 4.75. The Bertz CT molecular complexity index is 248. The maximum Gasteiger partial charge on any atom is 0.179 e. The van der Waals surface area contributed by atoms with Crippen molar-refractivity contribution < 1.29 is 0 Å². The van der Waals surface area contributed by atoms with Crippen LogP contribution in [-0.2, 0) is 0 Å². The lowest BCUT2D eigenvalue weighted by Crippen LogP contribution is -1.82. The quantitative estimate of drug-likeness (QED) is 0.724. The van der Waals surface area contributed by atoms with E-state index in [0.29, 0.717) is 5.92 Å². The summed E-state index contributed by atoms with van der Waals surface area (Å²) in [7, 11) is 0. The molecule has 2 atom stereocenters. The average molecular weight is 219 g/mol. The summed E-state index contributed by atoms with van der Waals surface area (Å²) in [6.07, 6.45) is 1.27. The Balaban J connectivity index is 2.20. The van der Waals surface area contributed by atoms with E-state index in [0.717, 1.165) is 15.7 Å². The molecule has 0 aliphatic heterocycles. The Hall–Kier alpha value is 0.0400. The summed E-state index contributed by atoms with van der Waals surface area (Å²) in [6.45, 7) is 2.24. The predicted molar refractivity (Wildman–Crippen MR) is 44.1 cm³/mol. The topological polar surface area (TPSA) is 25.8 Å². The highest BCUT2D eigenvalue weighted by molar-refractivity contribution is 9.11. The number of hydrogen-bond acceptors (Lipinski definition) is 3. The summed E-state index contributed by atoms with van der Waals surface area (Å²) in [5.74, 6) is 2.49. The SMILES string of the molecule is CC1CC1c1nsc(Br)n1. The van der Waals surface area contributed by atoms with Crippen LogP contribution in [0.4, 0.5) is 0 Å². The monoisotopic (exact) mass is 218 g/mol. The third-order valence-corrected chi connectivity index (χ3v) is 2.99. The molecule has 2 rings (SSSR count). The Morgan fingerprint density at radius 3 is 2.80 bits per heavy atom. The second kappa shape index (κ2) is 2.27. The van der Waals surface area contributed by atoms with Gasteiger partial charge in [-0.25, -0.2) is 4.98 Å². The van der Waals surface area contributed by atoms with Gasteiger partial charge >= 0.3 is 0 Å². The van der Waals surface area contributed by atoms with Gasteiger partial charge in [-0.15, -0.1) is 0 Å². The lowest BCUT2D eigenvalue weighted by Gasteiger charge is -1.83. The minimum Gasteiger partial charge on any atom is -0.212 e. The smallest absolute Gasteiger partial charge is 0.179 e. The largest absolute Gasteiger partial charge is 0.212 e. The third-order valence-electron chi connectivity index (χ3n) is 1.86. The van der Waals surface area contributed by atoms with E-state index < -0.39 is 0 Å². The van der Waals surface area contributed by atoms with E-state index in [1.807, 2.05) is 0 Å². The van der Waals surface area contributed by atoms with Crippen LogP contribution >= 0.6 is 27.5 Å². The molecule has 1 heterocycles. The van der Waals surface area contributed by atoms with Gasteiger partial charge in [0.1, 0.15) is 5.82 Å². The zero-order valence-corrected chi connectivity index (χ0v) is 7.94. The molecule has 1 fully saturated rings. The minimum absolute atomic E-state index is 0.655. The Morgan fingerprint density at radius 2 is 2.40 bits per heavy atom. The van der Waals surface area contributed by atoms with Crippen molar-refractivity contribution in [1.82, 2.24) is 9.36 Å². The predicted octanol–water partition coefficient (Wildman–Crippen LogP) is 2.42. The van der Waals surface area contributed by atoms with Crippen LogP contribution in [-0.4, -0.2) is 9.36 Å². The van der Waals surface area contributed by atoms with Gasteiger partial charge < -0.3 is 0 Å². The molecule has 1 aromatic rings. The van der Waals surface area contributed by atoms with Gasteiger partial charge in [0.15, 0.2) is 3.92 Å². The van der Waals surface area contributed by atoms with Gasteiger partial charge in [0.25, 0.3) is 0 Å². The second-order valence-electron chi connectivity index (χ2n) is 2.73. The average Bonchev–Trinajstić information content (AvgIpc) is 2.42. The molecule has 0 saturated heterocycles. The van der Waals surface area contributed by atoms with Gasteiger partial charge in [-0.2, -0.15) is 4.37 Å². The highest BCUT2D eigenvalue weighted by Crippen LogP contribution is 2.45. The zero-order valence-electron chi connectivity index (χ0n) is 5.54. The van der Waals surface area contributed by atoms with Crippen LogP contribution in [0.3, 0.4) is 0 Å². The first kappa shape index (κ1) is 6.73. The molecule has 1 aliphatic carbocycles. The molecule has 0 aromatic carbocycles. The van der Waals surface area contributed by atoms with Crippen molar-refractivity contribution in [1.29, 1.82) is 0 Å². The number of hydrogen-bond donors (Lipinski definition) is 0. The summed E-state index contributed by atoms with van der Waals surface area (Å²) in [6, 6.07) is 0. The zero-order chi connectivity index (χ0) is 7.14. The molecule has 10 heavy (non-hydrogen) atoms. The maximum absolute atomic E-state index is 4.25. The van der Waals surface area contributed by atoms with Crippen molar-refractivity contribution in [3.05, 3.63) is 9.74 Å². The lowest BCUT2D eigenvalue weighted by molar-refractivity contribution is 0.865. The van der Waals surface area contributed by atoms with E-state index in [2.05, 4.69) is 32.2 Å². The van der Waals surface area contributed by atoms with Crippen molar-refractivity contribution in [3.8, 4) is 0 Å². The summed E-state index contributed by atoms with van der Waals surface area (Å²) >= 11 is 4.72. The van der Waals surface area contributed by atoms with Gasteiger partial charge in [-0.3, -0.25) is 0 Å². The first-order valence-corrected chi connectivity index (χ1v) is 4.83. The number of rotatable bonds is 1. The fourth-order valence-corrected chi connectivity index (χ4v) is 1.93. The Labute approximate surface area is 72.0 Å². The summed E-state index contributed by atoms with van der Waals surface area (Å²) in [5, 5.41) is 0. The minimum atomic E-state index is 0.655. The molecular formula is C6H7BrN2S. The Kier molecular flexibility index (Phi) is 1.53. The van der Waals surface area contributed by atoms with Crippen molar-refractivity contribution in [2.75, 3.05) is 0 Å². The van der Waals surface area contributed by atoms with E-state index in [-0.39, 0.29) is 0 Å². The first-order chi connectivity index (χ1) is 4.77. The van der Waals surface area contributed by atoms with Crippen molar-refractivity contribution in [2.24, 2.45) is 5.92 Å². The normalized spacial score (nSPS) is 30.6. The molecule has 4 heteroatoms. The highest BCUT2D eigenvalue weighted by Gasteiger charge is 2.37. The van der Waals surface area contributed by atoms with Crippen LogP contribution in [0.15, 0.2) is 3.92 Å². The summed E-state index contributed by atoms with van der Waals surface area (Å²) < 4.78 is 5.12. The maximum atomic E-state index is 4.25. The van der Waals surface area contributed by atoms with Crippen molar-refractivity contribution in [2.45, 2.75) is 19.3 Å². The van der Waals surface area contributed by atoms with Crippen LogP contribution in [0, 0.1) is 5.92 Å². The van der Waals surface area contributed by atoms with E-state index >= 15 is 0 Å². The van der Waals surface area contributed by atoms with Crippen LogP contribution < -0.4 is 0 Å². The molecule has 0 spiro atoms. The highest BCUT2D eigenvalue weighted by atomic mass is 79.9. The van der Waals surface area contributed by atoms with Crippen LogP contribution in [0.1, 0.15) is 25.1 Å². The molecule has 54 valence electrons. The van der Waals surface area contributed by atoms with Crippen molar-refractivity contribution in [3.63, 3.8) is 0 Å². The van der Waals surface area contributed by atoms with Gasteiger partial charge in [-0.05, 0) is 39.8 Å². The van der Waals surface area contributed by atoms with Gasteiger partial charge in [0, 0.05) is 5.92 Å². The first-order valence-electron chi connectivity index (χ1n) is 3.26. The fraction of sp³-hybridized carbons (Fsp3) is 0.667. The van der Waals surface area contributed by atoms with E-state index in [9.17, 15) is 0 Å². The van der Waals surface area contributed by atoms with E-state index in [4.69, 9.17) is 0 Å². The third kappa shape index (κ3) is 1.10. The number of nitrogens with zero attached hydrogens (tertiary/aromatic N) is 2. The Morgan fingerprint density at radius 1 is 1.70 bits per heavy atom. The number of halogens is 1. The molecular weight excluding hydrogens is 212 g/mol. The van der Waals surface area contributed by atoms with Gasteiger partial charge in [0.2, 0.25) is 0 Å². The number of aromatic nitrogens is 2. The van der Waals surface area contributed by atoms with Gasteiger partial charge in [-0.1, -0.05) is 6.92 Å². The molecule has 0 bridgehead atoms. The molecule has 0 radical (unpaired) electrons. The summed E-state index contributed by atoms with van der Waals surface area (Å²) in [4.78, 5) is 4.25. The van der Waals surface area contributed by atoms with E-state index in [1.54, 1.807) is 0 Å². The van der Waals surface area contributed by atoms with Crippen molar-refractivity contribution >= 4 is 27.5 Å². The molecule has 0 N–H and O–H groups in total. The van der Waals surface area contributed by atoms with Gasteiger partial charge in [0.05, 0.1) is 0 Å². The lowest BCUT2D eigenvalue weighted by atomic mass is 10.3. The molecule has 2 nitrogen and oxygen atoms in total. The fourth-order valence-electron chi connectivity index (χ4n) is 1.05. The molecule has 1 aliphatic rings. The van der Waals surface area contributed by atoms with Crippen LogP contribution in [0.25, 0.3) is 0 Å².